The Balaban J connectivity index is 1.41. The van der Waals surface area contributed by atoms with E-state index in [1.807, 2.05) is 73.7 Å². The van der Waals surface area contributed by atoms with Crippen LogP contribution in [0.25, 0.3) is 10.8 Å². The number of nitrogens with zero attached hydrogens (tertiary/aromatic N) is 2. The third kappa shape index (κ3) is 4.25. The van der Waals surface area contributed by atoms with Gasteiger partial charge in [0.25, 0.3) is 5.91 Å². The molecule has 4 heterocycles. The minimum atomic E-state index is -1.29. The molecule has 8 heteroatoms. The third-order valence-corrected chi connectivity index (χ3v) is 8.87. The Morgan fingerprint density at radius 2 is 1.73 bits per heavy atom. The smallest absolute Gasteiger partial charge is 0.313 e. The summed E-state index contributed by atoms with van der Waals surface area (Å²) in [6, 6.07) is 13.0. The first kappa shape index (κ1) is 26.7. The van der Waals surface area contributed by atoms with E-state index in [1.165, 1.54) is 0 Å². The van der Waals surface area contributed by atoms with Gasteiger partial charge in [-0.2, -0.15) is 0 Å². The number of hydrogen-bond donors (Lipinski definition) is 1. The minimum absolute atomic E-state index is 0.129. The van der Waals surface area contributed by atoms with Gasteiger partial charge in [-0.05, 0) is 49.1 Å². The van der Waals surface area contributed by atoms with E-state index in [0.29, 0.717) is 32.4 Å². The van der Waals surface area contributed by atoms with Crippen LogP contribution in [0.1, 0.15) is 39.0 Å². The van der Waals surface area contributed by atoms with E-state index >= 15 is 0 Å². The van der Waals surface area contributed by atoms with E-state index < -0.39 is 35.0 Å². The van der Waals surface area contributed by atoms with Crippen LogP contribution in [0, 0.1) is 11.8 Å². The third-order valence-electron chi connectivity index (χ3n) is 8.87. The average Bonchev–Trinajstić information content (AvgIpc) is 3.26. The van der Waals surface area contributed by atoms with Crippen molar-refractivity contribution in [2.24, 2.45) is 11.8 Å². The van der Waals surface area contributed by atoms with Gasteiger partial charge in [0.05, 0.1) is 18.1 Å². The van der Waals surface area contributed by atoms with E-state index in [9.17, 15) is 14.4 Å². The van der Waals surface area contributed by atoms with Crippen LogP contribution < -0.4 is 4.90 Å². The zero-order valence-corrected chi connectivity index (χ0v) is 22.8. The van der Waals surface area contributed by atoms with Crippen LogP contribution in [0.2, 0.25) is 0 Å². The Bertz CT molecular complexity index is 1390. The number of likely N-dealkylation sites (tertiary alicyclic amines) is 1. The Morgan fingerprint density at radius 3 is 2.55 bits per heavy atom. The Morgan fingerprint density at radius 1 is 0.925 bits per heavy atom. The molecule has 2 amide bonds. The number of fused-ring (bicyclic) bond motifs is 3. The second kappa shape index (κ2) is 10.5. The zero-order chi connectivity index (χ0) is 27.9. The molecule has 0 bridgehead atoms. The molecule has 1 N–H and O–H groups in total. The number of cyclic esters (lactones) is 1. The number of esters is 1. The number of aliphatic hydroxyl groups is 1. The van der Waals surface area contributed by atoms with Crippen LogP contribution in [-0.4, -0.2) is 71.3 Å². The molecule has 6 rings (SSSR count). The first-order valence-electron chi connectivity index (χ1n) is 14.3. The van der Waals surface area contributed by atoms with Gasteiger partial charge in [0.1, 0.15) is 17.6 Å². The van der Waals surface area contributed by atoms with Crippen LogP contribution in [0.5, 0.6) is 0 Å². The van der Waals surface area contributed by atoms with Crippen LogP contribution in [-0.2, 0) is 23.9 Å². The lowest BCUT2D eigenvalue weighted by atomic mass is 9.74. The van der Waals surface area contributed by atoms with Crippen LogP contribution >= 0.6 is 0 Å². The van der Waals surface area contributed by atoms with E-state index in [1.54, 1.807) is 9.80 Å². The number of aliphatic hydroxyl groups excluding tert-OH is 1. The second-order valence-corrected chi connectivity index (χ2v) is 11.4. The lowest BCUT2D eigenvalue weighted by Crippen LogP contribution is -2.56. The Kier molecular flexibility index (Phi) is 7.00. The molecule has 2 aromatic carbocycles. The summed E-state index contributed by atoms with van der Waals surface area (Å²) < 4.78 is 12.4. The van der Waals surface area contributed by atoms with Gasteiger partial charge in [-0.1, -0.05) is 67.5 Å². The van der Waals surface area contributed by atoms with Gasteiger partial charge < -0.3 is 24.4 Å². The molecule has 0 aromatic heterocycles. The fourth-order valence-electron chi connectivity index (χ4n) is 7.05. The molecule has 4 aliphatic heterocycles. The number of amides is 2. The molecule has 0 saturated carbocycles. The molecule has 2 aromatic rings. The van der Waals surface area contributed by atoms with Crippen molar-refractivity contribution in [3.8, 4) is 0 Å². The van der Waals surface area contributed by atoms with Crippen molar-refractivity contribution in [1.82, 2.24) is 4.90 Å². The molecule has 2 fully saturated rings. The fourth-order valence-corrected chi connectivity index (χ4v) is 7.05. The molecule has 2 saturated heterocycles. The summed E-state index contributed by atoms with van der Waals surface area (Å²) in [7, 11) is 0. The summed E-state index contributed by atoms with van der Waals surface area (Å²) in [5.74, 6) is -2.65. The SMILES string of the molecule is C[C@]12C=CCCOC(=O)[C@H]1[C@H]1C(=O)N(CCCCCCO)C3C(=O)N(c4ccc5ccccc5c4)CC=C[C@@]31O2. The summed E-state index contributed by atoms with van der Waals surface area (Å²) in [5.41, 5.74) is -1.62. The zero-order valence-electron chi connectivity index (χ0n) is 22.8. The number of anilines is 1. The van der Waals surface area contributed by atoms with E-state index in [-0.39, 0.29) is 25.0 Å². The van der Waals surface area contributed by atoms with Gasteiger partial charge in [0.2, 0.25) is 5.91 Å². The largest absolute Gasteiger partial charge is 0.465 e. The summed E-state index contributed by atoms with van der Waals surface area (Å²) >= 11 is 0. The molecule has 0 aliphatic carbocycles. The van der Waals surface area contributed by atoms with Crippen molar-refractivity contribution < 1.29 is 29.0 Å². The second-order valence-electron chi connectivity index (χ2n) is 11.4. The topological polar surface area (TPSA) is 96.4 Å². The fraction of sp³-hybridized carbons (Fsp3) is 0.469. The number of benzene rings is 2. The summed E-state index contributed by atoms with van der Waals surface area (Å²) in [6.07, 6.45) is 11.2. The van der Waals surface area contributed by atoms with Crippen molar-refractivity contribution in [2.75, 3.05) is 31.2 Å². The highest BCUT2D eigenvalue weighted by Gasteiger charge is 2.74. The highest BCUT2D eigenvalue weighted by molar-refractivity contribution is 6.06. The van der Waals surface area contributed by atoms with Gasteiger partial charge in [-0.3, -0.25) is 14.4 Å². The molecule has 40 heavy (non-hydrogen) atoms. The molecular formula is C32H36N2O6. The Labute approximate surface area is 234 Å². The van der Waals surface area contributed by atoms with Crippen LogP contribution in [0.4, 0.5) is 5.69 Å². The van der Waals surface area contributed by atoms with Crippen molar-refractivity contribution in [3.63, 3.8) is 0 Å². The van der Waals surface area contributed by atoms with Gasteiger partial charge >= 0.3 is 5.97 Å². The lowest BCUT2D eigenvalue weighted by Gasteiger charge is -2.37. The average molecular weight is 545 g/mol. The molecule has 8 nitrogen and oxygen atoms in total. The number of carbonyl (C=O) groups excluding carboxylic acids is 3. The van der Waals surface area contributed by atoms with Gasteiger partial charge in [0, 0.05) is 25.4 Å². The summed E-state index contributed by atoms with van der Waals surface area (Å²) in [4.78, 5) is 45.6. The number of hydrogen-bond acceptors (Lipinski definition) is 6. The normalized spacial score (nSPS) is 31.4. The molecule has 4 aliphatic rings. The van der Waals surface area contributed by atoms with E-state index in [2.05, 4.69) is 0 Å². The van der Waals surface area contributed by atoms with Crippen LogP contribution in [0.15, 0.2) is 66.8 Å². The van der Waals surface area contributed by atoms with E-state index in [4.69, 9.17) is 14.6 Å². The molecule has 5 atom stereocenters. The molecule has 210 valence electrons. The predicted octanol–water partition coefficient (Wildman–Crippen LogP) is 3.77. The maximum atomic E-state index is 14.6. The molecule has 0 radical (unpaired) electrons. The maximum absolute atomic E-state index is 14.6. The van der Waals surface area contributed by atoms with Gasteiger partial charge in [0.15, 0.2) is 0 Å². The lowest BCUT2D eigenvalue weighted by molar-refractivity contribution is -0.159. The van der Waals surface area contributed by atoms with Gasteiger partial charge in [-0.15, -0.1) is 0 Å². The molecular weight excluding hydrogens is 508 g/mol. The first-order chi connectivity index (χ1) is 19.4. The van der Waals surface area contributed by atoms with Gasteiger partial charge in [-0.25, -0.2) is 0 Å². The minimum Gasteiger partial charge on any atom is -0.465 e. The van der Waals surface area contributed by atoms with Crippen molar-refractivity contribution in [2.45, 2.75) is 56.3 Å². The monoisotopic (exact) mass is 544 g/mol. The molecule has 1 spiro atoms. The molecule has 1 unspecified atom stereocenters. The van der Waals surface area contributed by atoms with Crippen molar-refractivity contribution >= 4 is 34.2 Å². The standard InChI is InChI=1S/C32H36N2O6/c1-31-15-6-9-20-39-30(38)26(31)25-28(36)34(17-7-2-3-8-19-35)27-29(37)33(18-10-16-32(25,27)40-31)24-14-13-22-11-4-5-12-23(22)21-24/h4-6,10-16,21,25-27,35H,2-3,7-9,17-20H2,1H3/t25-,26+,27?,31-,32-/m0/s1. The van der Waals surface area contributed by atoms with Crippen LogP contribution in [0.3, 0.4) is 0 Å². The number of unbranched alkanes of at least 4 members (excludes halogenated alkanes) is 3. The predicted molar refractivity (Wildman–Crippen MR) is 150 cm³/mol. The van der Waals surface area contributed by atoms with Crippen molar-refractivity contribution in [1.29, 1.82) is 0 Å². The number of ether oxygens (including phenoxy) is 2. The number of rotatable bonds is 7. The quantitative estimate of drug-likeness (QED) is 0.324. The summed E-state index contributed by atoms with van der Waals surface area (Å²) in [6.45, 7) is 2.89. The van der Waals surface area contributed by atoms with Crippen molar-refractivity contribution in [3.05, 3.63) is 66.8 Å². The summed E-state index contributed by atoms with van der Waals surface area (Å²) in [5, 5.41) is 11.3. The number of carbonyl (C=O) groups is 3. The first-order valence-corrected chi connectivity index (χ1v) is 14.3. The maximum Gasteiger partial charge on any atom is 0.313 e. The highest BCUT2D eigenvalue weighted by atomic mass is 16.6. The van der Waals surface area contributed by atoms with E-state index in [0.717, 1.165) is 29.3 Å². The Hall–Kier alpha value is -3.49. The highest BCUT2D eigenvalue weighted by Crippen LogP contribution is 2.57.